The lowest BCUT2D eigenvalue weighted by atomic mass is 10.1. The predicted molar refractivity (Wildman–Crippen MR) is 78.7 cm³/mol. The van der Waals surface area contributed by atoms with Gasteiger partial charge in [-0.1, -0.05) is 30.3 Å². The van der Waals surface area contributed by atoms with E-state index in [1.54, 1.807) is 6.20 Å². The first-order valence-electron chi connectivity index (χ1n) is 5.55. The first-order chi connectivity index (χ1) is 8.66. The number of ketones is 1. The van der Waals surface area contributed by atoms with Gasteiger partial charge in [0.05, 0.1) is 0 Å². The summed E-state index contributed by atoms with van der Waals surface area (Å²) in [5, 5.41) is 0. The summed E-state index contributed by atoms with van der Waals surface area (Å²) in [6, 6.07) is 11.8. The molecule has 1 heterocycles. The van der Waals surface area contributed by atoms with Crippen molar-refractivity contribution in [3.63, 3.8) is 0 Å². The molecule has 4 heteroatoms. The molecule has 0 spiro atoms. The van der Waals surface area contributed by atoms with Crippen LogP contribution in [-0.2, 0) is 6.42 Å². The van der Waals surface area contributed by atoms with E-state index in [2.05, 4.69) is 36.8 Å². The summed E-state index contributed by atoms with van der Waals surface area (Å²) < 4.78 is 1.59. The van der Waals surface area contributed by atoms with Crippen molar-refractivity contribution in [3.8, 4) is 0 Å². The minimum Gasteiger partial charge on any atom is -0.292 e. The van der Waals surface area contributed by atoms with E-state index in [0.29, 0.717) is 12.1 Å². The lowest BCUT2D eigenvalue weighted by Crippen LogP contribution is -2.04. The van der Waals surface area contributed by atoms with Crippen molar-refractivity contribution in [2.24, 2.45) is 0 Å². The van der Waals surface area contributed by atoms with Crippen LogP contribution in [0.1, 0.15) is 22.5 Å². The number of halogens is 2. The van der Waals surface area contributed by atoms with Crippen LogP contribution in [-0.4, -0.2) is 10.8 Å². The SMILES string of the molecule is O=C(CCc1ccccc1)c1ncc(Br)cc1Br. The molecule has 0 N–H and O–H groups in total. The molecule has 0 fully saturated rings. The van der Waals surface area contributed by atoms with E-state index in [9.17, 15) is 4.79 Å². The Morgan fingerprint density at radius 1 is 1.17 bits per heavy atom. The van der Waals surface area contributed by atoms with Gasteiger partial charge in [-0.3, -0.25) is 9.78 Å². The van der Waals surface area contributed by atoms with Crippen molar-refractivity contribution >= 4 is 37.6 Å². The molecule has 2 nitrogen and oxygen atoms in total. The van der Waals surface area contributed by atoms with Crippen LogP contribution >= 0.6 is 31.9 Å². The number of Topliss-reactive ketones (excluding diaryl/α,β-unsaturated/α-hetero) is 1. The van der Waals surface area contributed by atoms with Crippen molar-refractivity contribution in [1.29, 1.82) is 0 Å². The molecular formula is C14H11Br2NO. The first-order valence-corrected chi connectivity index (χ1v) is 7.13. The van der Waals surface area contributed by atoms with E-state index < -0.39 is 0 Å². The molecular weight excluding hydrogens is 358 g/mol. The van der Waals surface area contributed by atoms with Gasteiger partial charge in [0.15, 0.2) is 5.78 Å². The number of aryl methyl sites for hydroxylation is 1. The average molecular weight is 369 g/mol. The van der Waals surface area contributed by atoms with Gasteiger partial charge in [-0.05, 0) is 49.9 Å². The molecule has 2 aromatic rings. The van der Waals surface area contributed by atoms with Crippen LogP contribution in [0.2, 0.25) is 0 Å². The monoisotopic (exact) mass is 367 g/mol. The maximum absolute atomic E-state index is 12.0. The van der Waals surface area contributed by atoms with Gasteiger partial charge in [-0.15, -0.1) is 0 Å². The summed E-state index contributed by atoms with van der Waals surface area (Å²) in [5.74, 6) is 0.0539. The zero-order valence-corrected chi connectivity index (χ0v) is 12.7. The maximum Gasteiger partial charge on any atom is 0.182 e. The summed E-state index contributed by atoms with van der Waals surface area (Å²) in [5.41, 5.74) is 1.66. The van der Waals surface area contributed by atoms with Crippen LogP contribution < -0.4 is 0 Å². The summed E-state index contributed by atoms with van der Waals surface area (Å²) in [6.07, 6.45) is 2.85. The Morgan fingerprint density at radius 2 is 1.89 bits per heavy atom. The van der Waals surface area contributed by atoms with Crippen molar-refractivity contribution in [2.75, 3.05) is 0 Å². The molecule has 18 heavy (non-hydrogen) atoms. The summed E-state index contributed by atoms with van der Waals surface area (Å²) in [6.45, 7) is 0. The van der Waals surface area contributed by atoms with E-state index in [1.807, 2.05) is 36.4 Å². The number of aromatic nitrogens is 1. The molecule has 0 aliphatic heterocycles. The van der Waals surface area contributed by atoms with Crippen LogP contribution in [0, 0.1) is 0 Å². The zero-order chi connectivity index (χ0) is 13.0. The predicted octanol–water partition coefficient (Wildman–Crippen LogP) is 4.42. The highest BCUT2D eigenvalue weighted by Gasteiger charge is 2.12. The number of carbonyl (C=O) groups is 1. The molecule has 2 rings (SSSR count). The Bertz CT molecular complexity index is 555. The summed E-state index contributed by atoms with van der Waals surface area (Å²) in [7, 11) is 0. The number of hydrogen-bond donors (Lipinski definition) is 0. The fraction of sp³-hybridized carbons (Fsp3) is 0.143. The topological polar surface area (TPSA) is 30.0 Å². The fourth-order valence-electron chi connectivity index (χ4n) is 1.64. The highest BCUT2D eigenvalue weighted by atomic mass is 79.9. The van der Waals surface area contributed by atoms with Gasteiger partial charge >= 0.3 is 0 Å². The van der Waals surface area contributed by atoms with Crippen molar-refractivity contribution in [3.05, 3.63) is 62.8 Å². The van der Waals surface area contributed by atoms with E-state index in [1.165, 1.54) is 5.56 Å². The van der Waals surface area contributed by atoms with Gasteiger partial charge < -0.3 is 0 Å². The average Bonchev–Trinajstić information content (AvgIpc) is 2.37. The number of nitrogens with zero attached hydrogens (tertiary/aromatic N) is 1. The standard InChI is InChI=1S/C14H11Br2NO/c15-11-8-12(16)14(17-9-11)13(18)7-6-10-4-2-1-3-5-10/h1-5,8-9H,6-7H2. The maximum atomic E-state index is 12.0. The number of benzene rings is 1. The lowest BCUT2D eigenvalue weighted by molar-refractivity contribution is 0.0977. The molecule has 0 atom stereocenters. The Morgan fingerprint density at radius 3 is 2.56 bits per heavy atom. The number of hydrogen-bond acceptors (Lipinski definition) is 2. The molecule has 0 radical (unpaired) electrons. The normalized spacial score (nSPS) is 10.3. The molecule has 0 saturated heterocycles. The second kappa shape index (κ2) is 6.25. The van der Waals surface area contributed by atoms with Crippen LogP contribution in [0.5, 0.6) is 0 Å². The van der Waals surface area contributed by atoms with Crippen molar-refractivity contribution in [2.45, 2.75) is 12.8 Å². The Kier molecular flexibility index (Phi) is 4.66. The highest BCUT2D eigenvalue weighted by molar-refractivity contribution is 9.11. The quantitative estimate of drug-likeness (QED) is 0.747. The Labute approximate surface area is 123 Å². The van der Waals surface area contributed by atoms with E-state index in [-0.39, 0.29) is 5.78 Å². The van der Waals surface area contributed by atoms with E-state index >= 15 is 0 Å². The van der Waals surface area contributed by atoms with Crippen LogP contribution in [0.15, 0.2) is 51.5 Å². The van der Waals surface area contributed by atoms with Gasteiger partial charge in [-0.25, -0.2) is 0 Å². The summed E-state index contributed by atoms with van der Waals surface area (Å²) >= 11 is 6.68. The van der Waals surface area contributed by atoms with Crippen molar-refractivity contribution in [1.82, 2.24) is 4.98 Å². The van der Waals surface area contributed by atoms with Crippen LogP contribution in [0.3, 0.4) is 0 Å². The molecule has 0 saturated carbocycles. The largest absolute Gasteiger partial charge is 0.292 e. The smallest absolute Gasteiger partial charge is 0.182 e. The van der Waals surface area contributed by atoms with E-state index in [0.717, 1.165) is 15.4 Å². The van der Waals surface area contributed by atoms with Gasteiger partial charge in [0, 0.05) is 21.6 Å². The molecule has 0 aliphatic carbocycles. The second-order valence-electron chi connectivity index (χ2n) is 3.89. The third-order valence-corrected chi connectivity index (χ3v) is 3.59. The summed E-state index contributed by atoms with van der Waals surface area (Å²) in [4.78, 5) is 16.2. The molecule has 1 aromatic carbocycles. The van der Waals surface area contributed by atoms with Crippen LogP contribution in [0.25, 0.3) is 0 Å². The molecule has 0 amide bonds. The van der Waals surface area contributed by atoms with Gasteiger partial charge in [0.2, 0.25) is 0 Å². The molecule has 0 unspecified atom stereocenters. The molecule has 92 valence electrons. The molecule has 0 aliphatic rings. The zero-order valence-electron chi connectivity index (χ0n) is 9.57. The first kappa shape index (κ1) is 13.4. The van der Waals surface area contributed by atoms with Gasteiger partial charge in [0.1, 0.15) is 5.69 Å². The Hall–Kier alpha value is -1.00. The number of carbonyl (C=O) groups excluding carboxylic acids is 1. The number of rotatable bonds is 4. The van der Waals surface area contributed by atoms with Gasteiger partial charge in [0.25, 0.3) is 0 Å². The van der Waals surface area contributed by atoms with Crippen molar-refractivity contribution < 1.29 is 4.79 Å². The third-order valence-electron chi connectivity index (χ3n) is 2.56. The Balaban J connectivity index is 2.04. The lowest BCUT2D eigenvalue weighted by Gasteiger charge is -2.03. The van der Waals surface area contributed by atoms with Gasteiger partial charge in [-0.2, -0.15) is 0 Å². The molecule has 0 bridgehead atoms. The van der Waals surface area contributed by atoms with E-state index in [4.69, 9.17) is 0 Å². The highest BCUT2D eigenvalue weighted by Crippen LogP contribution is 2.21. The minimum absolute atomic E-state index is 0.0539. The fourth-order valence-corrected chi connectivity index (χ4v) is 2.85. The number of pyridine rings is 1. The van der Waals surface area contributed by atoms with Crippen LogP contribution in [0.4, 0.5) is 0 Å². The minimum atomic E-state index is 0.0539. The third kappa shape index (κ3) is 3.50. The second-order valence-corrected chi connectivity index (χ2v) is 5.66. The molecule has 1 aromatic heterocycles.